The third kappa shape index (κ3) is 2.05. The molecule has 0 unspecified atom stereocenters. The maximum Gasteiger partial charge on any atom is 0.416 e. The highest BCUT2D eigenvalue weighted by Crippen LogP contribution is 2.30. The van der Waals surface area contributed by atoms with Crippen molar-refractivity contribution in [1.82, 2.24) is 0 Å². The molecule has 1 nitrogen and oxygen atoms in total. The van der Waals surface area contributed by atoms with E-state index in [4.69, 9.17) is 5.26 Å². The molecule has 1 aromatic carbocycles. The summed E-state index contributed by atoms with van der Waals surface area (Å²) in [5.74, 6) is 0. The van der Waals surface area contributed by atoms with Gasteiger partial charge in [-0.3, -0.25) is 0 Å². The summed E-state index contributed by atoms with van der Waals surface area (Å²) < 4.78 is 36.8. The molecule has 0 radical (unpaired) electrons. The van der Waals surface area contributed by atoms with Crippen molar-refractivity contribution in [3.8, 4) is 6.07 Å². The van der Waals surface area contributed by atoms with Crippen LogP contribution in [0.2, 0.25) is 0 Å². The van der Waals surface area contributed by atoms with E-state index in [1.54, 1.807) is 6.92 Å². The molecule has 0 fully saturated rings. The fourth-order valence-corrected chi connectivity index (χ4v) is 1.17. The lowest BCUT2D eigenvalue weighted by molar-refractivity contribution is -0.137. The summed E-state index contributed by atoms with van der Waals surface area (Å²) in [5.41, 5.74) is 0.0381. The Morgan fingerprint density at radius 1 is 1.36 bits per heavy atom. The quantitative estimate of drug-likeness (QED) is 0.681. The Labute approximate surface area is 79.8 Å². The maximum absolute atomic E-state index is 12.3. The van der Waals surface area contributed by atoms with Crippen molar-refractivity contribution in [2.24, 2.45) is 0 Å². The zero-order valence-corrected chi connectivity index (χ0v) is 7.52. The second kappa shape index (κ2) is 3.70. The minimum atomic E-state index is -4.34. The predicted octanol–water partition coefficient (Wildman–Crippen LogP) is 3.14. The highest BCUT2D eigenvalue weighted by molar-refractivity contribution is 5.41. The molecular weight excluding hydrogens is 191 g/mol. The molecule has 0 aliphatic carbocycles. The molecule has 0 spiro atoms. The molecule has 4 heteroatoms. The molecular formula is C10H8F3N. The number of nitrogens with zero attached hydrogens (tertiary/aromatic N) is 1. The molecule has 0 aromatic heterocycles. The van der Waals surface area contributed by atoms with Crippen molar-refractivity contribution in [2.45, 2.75) is 19.5 Å². The molecule has 0 bridgehead atoms. The van der Waals surface area contributed by atoms with Gasteiger partial charge in [0.15, 0.2) is 0 Å². The Morgan fingerprint density at radius 3 is 2.43 bits per heavy atom. The van der Waals surface area contributed by atoms with Crippen molar-refractivity contribution in [1.29, 1.82) is 5.26 Å². The third-order valence-electron chi connectivity index (χ3n) is 1.93. The molecule has 0 saturated carbocycles. The van der Waals surface area contributed by atoms with Gasteiger partial charge >= 0.3 is 6.18 Å². The molecule has 0 saturated heterocycles. The van der Waals surface area contributed by atoms with E-state index >= 15 is 0 Å². The summed E-state index contributed by atoms with van der Waals surface area (Å²) in [6.07, 6.45) is -3.91. The lowest BCUT2D eigenvalue weighted by Gasteiger charge is -2.08. The van der Waals surface area contributed by atoms with E-state index in [1.807, 2.05) is 6.07 Å². The zero-order chi connectivity index (χ0) is 10.8. The van der Waals surface area contributed by atoms with E-state index in [0.29, 0.717) is 17.5 Å². The van der Waals surface area contributed by atoms with Crippen LogP contribution in [0.15, 0.2) is 18.2 Å². The predicted molar refractivity (Wildman–Crippen MR) is 45.5 cm³/mol. The molecule has 0 aliphatic heterocycles. The Hall–Kier alpha value is -1.50. The smallest absolute Gasteiger partial charge is 0.192 e. The third-order valence-corrected chi connectivity index (χ3v) is 1.93. The molecule has 1 rings (SSSR count). The van der Waals surface area contributed by atoms with Crippen LogP contribution >= 0.6 is 0 Å². The molecule has 0 N–H and O–H groups in total. The highest BCUT2D eigenvalue weighted by Gasteiger charge is 2.30. The molecule has 0 aliphatic rings. The monoisotopic (exact) mass is 199 g/mol. The molecule has 0 heterocycles. The van der Waals surface area contributed by atoms with Gasteiger partial charge in [-0.1, -0.05) is 6.92 Å². The number of hydrogen-bond acceptors (Lipinski definition) is 1. The van der Waals surface area contributed by atoms with Crippen molar-refractivity contribution in [3.05, 3.63) is 34.9 Å². The number of benzene rings is 1. The summed E-state index contributed by atoms with van der Waals surface area (Å²) in [7, 11) is 0. The SMILES string of the molecule is CCc1cc(C(F)(F)F)ccc1C#N. The van der Waals surface area contributed by atoms with Gasteiger partial charge in [-0.15, -0.1) is 0 Å². The minimum Gasteiger partial charge on any atom is -0.192 e. The van der Waals surface area contributed by atoms with E-state index in [-0.39, 0.29) is 0 Å². The van der Waals surface area contributed by atoms with Crippen LogP contribution in [-0.2, 0) is 12.6 Å². The molecule has 14 heavy (non-hydrogen) atoms. The first-order valence-electron chi connectivity index (χ1n) is 4.09. The van der Waals surface area contributed by atoms with E-state index in [1.165, 1.54) is 6.07 Å². The van der Waals surface area contributed by atoms with Gasteiger partial charge in [-0.25, -0.2) is 0 Å². The lowest BCUT2D eigenvalue weighted by atomic mass is 10.0. The van der Waals surface area contributed by atoms with Crippen LogP contribution in [0.4, 0.5) is 13.2 Å². The van der Waals surface area contributed by atoms with Gasteiger partial charge in [0.1, 0.15) is 0 Å². The van der Waals surface area contributed by atoms with Gasteiger partial charge < -0.3 is 0 Å². The average Bonchev–Trinajstić information content (AvgIpc) is 2.15. The average molecular weight is 199 g/mol. The fraction of sp³-hybridized carbons (Fsp3) is 0.300. The Morgan fingerprint density at radius 2 is 2.00 bits per heavy atom. The summed E-state index contributed by atoms with van der Waals surface area (Å²) in [4.78, 5) is 0. The van der Waals surface area contributed by atoms with Gasteiger partial charge in [-0.05, 0) is 30.2 Å². The highest BCUT2D eigenvalue weighted by atomic mass is 19.4. The number of aryl methyl sites for hydroxylation is 1. The van der Waals surface area contributed by atoms with Gasteiger partial charge in [0, 0.05) is 0 Å². The Bertz CT molecular complexity index is 374. The molecule has 0 atom stereocenters. The number of alkyl halides is 3. The minimum absolute atomic E-state index is 0.306. The van der Waals surface area contributed by atoms with E-state index in [9.17, 15) is 13.2 Å². The summed E-state index contributed by atoms with van der Waals surface area (Å²) in [6, 6.07) is 5.02. The summed E-state index contributed by atoms with van der Waals surface area (Å²) >= 11 is 0. The van der Waals surface area contributed by atoms with Crippen molar-refractivity contribution >= 4 is 0 Å². The first kappa shape index (κ1) is 10.6. The first-order chi connectivity index (χ1) is 6.49. The zero-order valence-electron chi connectivity index (χ0n) is 7.52. The standard InChI is InChI=1S/C10H8F3N/c1-2-7-5-9(10(11,12)13)4-3-8(7)6-14/h3-5H,2H2,1H3. The van der Waals surface area contributed by atoms with Gasteiger partial charge in [-0.2, -0.15) is 18.4 Å². The molecule has 74 valence electrons. The van der Waals surface area contributed by atoms with E-state index in [0.717, 1.165) is 12.1 Å². The van der Waals surface area contributed by atoms with Gasteiger partial charge in [0.25, 0.3) is 0 Å². The first-order valence-corrected chi connectivity index (χ1v) is 4.09. The lowest BCUT2D eigenvalue weighted by Crippen LogP contribution is -2.06. The number of hydrogen-bond donors (Lipinski definition) is 0. The van der Waals surface area contributed by atoms with Crippen molar-refractivity contribution in [3.63, 3.8) is 0 Å². The number of nitriles is 1. The van der Waals surface area contributed by atoms with Crippen LogP contribution in [0.5, 0.6) is 0 Å². The number of rotatable bonds is 1. The largest absolute Gasteiger partial charge is 0.416 e. The maximum atomic E-state index is 12.3. The summed E-state index contributed by atoms with van der Waals surface area (Å²) in [5, 5.41) is 8.61. The van der Waals surface area contributed by atoms with Crippen LogP contribution in [0.1, 0.15) is 23.6 Å². The van der Waals surface area contributed by atoms with Crippen LogP contribution in [-0.4, -0.2) is 0 Å². The van der Waals surface area contributed by atoms with E-state index < -0.39 is 11.7 Å². The van der Waals surface area contributed by atoms with Gasteiger partial charge in [0.2, 0.25) is 0 Å². The van der Waals surface area contributed by atoms with Crippen molar-refractivity contribution in [2.75, 3.05) is 0 Å². The Kier molecular flexibility index (Phi) is 2.80. The fourth-order valence-electron chi connectivity index (χ4n) is 1.17. The topological polar surface area (TPSA) is 23.8 Å². The van der Waals surface area contributed by atoms with E-state index in [2.05, 4.69) is 0 Å². The van der Waals surface area contributed by atoms with Crippen LogP contribution in [0, 0.1) is 11.3 Å². The Balaban J connectivity index is 3.23. The van der Waals surface area contributed by atoms with Crippen LogP contribution in [0.3, 0.4) is 0 Å². The normalized spacial score (nSPS) is 11.1. The number of halogens is 3. The molecule has 0 amide bonds. The summed E-state index contributed by atoms with van der Waals surface area (Å²) in [6.45, 7) is 1.72. The second-order valence-corrected chi connectivity index (χ2v) is 2.84. The van der Waals surface area contributed by atoms with Crippen LogP contribution in [0.25, 0.3) is 0 Å². The van der Waals surface area contributed by atoms with Crippen molar-refractivity contribution < 1.29 is 13.2 Å². The second-order valence-electron chi connectivity index (χ2n) is 2.84. The molecule has 1 aromatic rings. The van der Waals surface area contributed by atoms with Crippen LogP contribution < -0.4 is 0 Å². The van der Waals surface area contributed by atoms with Gasteiger partial charge in [0.05, 0.1) is 17.2 Å².